The largest absolute Gasteiger partial charge is 0.378 e. The van der Waals surface area contributed by atoms with E-state index in [1.807, 2.05) is 30.3 Å². The SMILES string of the molecule is CCc1cc(Cl)ccc1N1CCN(C(=O)C(O)c2ccc(F)cc2F)C[C@H]1c1ccc(Cl)cc1. The van der Waals surface area contributed by atoms with Gasteiger partial charge in [0.2, 0.25) is 0 Å². The van der Waals surface area contributed by atoms with Crippen LogP contribution in [0.2, 0.25) is 10.0 Å². The van der Waals surface area contributed by atoms with E-state index in [0.717, 1.165) is 35.4 Å². The Labute approximate surface area is 207 Å². The maximum absolute atomic E-state index is 14.2. The molecule has 1 heterocycles. The molecular weight excluding hydrogens is 481 g/mol. The molecule has 0 aromatic heterocycles. The molecule has 0 aliphatic carbocycles. The Kier molecular flexibility index (Phi) is 7.41. The Morgan fingerprint density at radius 2 is 1.74 bits per heavy atom. The molecule has 1 unspecified atom stereocenters. The lowest BCUT2D eigenvalue weighted by Gasteiger charge is -2.44. The third kappa shape index (κ3) is 5.04. The Balaban J connectivity index is 1.65. The van der Waals surface area contributed by atoms with Crippen LogP contribution in [-0.4, -0.2) is 35.5 Å². The molecule has 1 aliphatic heterocycles. The number of rotatable bonds is 5. The predicted molar refractivity (Wildman–Crippen MR) is 130 cm³/mol. The fraction of sp³-hybridized carbons (Fsp3) is 0.269. The first-order valence-electron chi connectivity index (χ1n) is 11.0. The van der Waals surface area contributed by atoms with Crippen LogP contribution in [0.3, 0.4) is 0 Å². The van der Waals surface area contributed by atoms with Crippen molar-refractivity contribution in [2.75, 3.05) is 24.5 Å². The summed E-state index contributed by atoms with van der Waals surface area (Å²) in [5.41, 5.74) is 2.80. The van der Waals surface area contributed by atoms with E-state index in [2.05, 4.69) is 11.8 Å². The van der Waals surface area contributed by atoms with E-state index in [9.17, 15) is 18.7 Å². The number of aryl methyl sites for hydroxylation is 1. The van der Waals surface area contributed by atoms with Gasteiger partial charge in [0.15, 0.2) is 6.10 Å². The van der Waals surface area contributed by atoms with Gasteiger partial charge in [0.1, 0.15) is 11.6 Å². The molecule has 0 spiro atoms. The first-order chi connectivity index (χ1) is 16.3. The summed E-state index contributed by atoms with van der Waals surface area (Å²) < 4.78 is 27.5. The first-order valence-corrected chi connectivity index (χ1v) is 11.8. The highest BCUT2D eigenvalue weighted by Gasteiger charge is 2.35. The summed E-state index contributed by atoms with van der Waals surface area (Å²) in [6, 6.07) is 15.7. The van der Waals surface area contributed by atoms with Crippen molar-refractivity contribution in [1.82, 2.24) is 4.90 Å². The number of carbonyl (C=O) groups is 1. The highest BCUT2D eigenvalue weighted by molar-refractivity contribution is 6.31. The standard InChI is InChI=1S/C26H24Cl2F2N2O2/c1-2-16-13-19(28)7-10-23(16)32-12-11-31(15-24(32)17-3-5-18(27)6-4-17)26(34)25(33)21-9-8-20(29)14-22(21)30/h3-10,13-14,24-25,33H,2,11-12,15H2,1H3/t24-,25?/m0/s1. The van der Waals surface area contributed by atoms with Crippen molar-refractivity contribution in [3.05, 3.63) is 99.0 Å². The summed E-state index contributed by atoms with van der Waals surface area (Å²) in [5.74, 6) is -2.36. The van der Waals surface area contributed by atoms with E-state index in [4.69, 9.17) is 23.2 Å². The molecule has 0 bridgehead atoms. The molecule has 178 valence electrons. The van der Waals surface area contributed by atoms with Gasteiger partial charge in [-0.25, -0.2) is 8.78 Å². The number of nitrogens with zero attached hydrogens (tertiary/aromatic N) is 2. The molecule has 1 saturated heterocycles. The number of aliphatic hydroxyl groups is 1. The number of anilines is 1. The fourth-order valence-electron chi connectivity index (χ4n) is 4.39. The van der Waals surface area contributed by atoms with Crippen LogP contribution in [0, 0.1) is 11.6 Å². The van der Waals surface area contributed by atoms with E-state index in [1.165, 1.54) is 4.90 Å². The quantitative estimate of drug-likeness (QED) is 0.466. The van der Waals surface area contributed by atoms with Gasteiger partial charge in [-0.1, -0.05) is 48.3 Å². The molecule has 0 saturated carbocycles. The average Bonchev–Trinajstić information content (AvgIpc) is 2.83. The minimum atomic E-state index is -1.72. The fourth-order valence-corrected chi connectivity index (χ4v) is 4.71. The lowest BCUT2D eigenvalue weighted by Crippen LogP contribution is -2.52. The zero-order chi connectivity index (χ0) is 24.4. The highest BCUT2D eigenvalue weighted by Crippen LogP contribution is 2.35. The molecule has 3 aromatic rings. The van der Waals surface area contributed by atoms with Crippen LogP contribution in [0.1, 0.15) is 35.8 Å². The van der Waals surface area contributed by atoms with Crippen molar-refractivity contribution in [2.24, 2.45) is 0 Å². The van der Waals surface area contributed by atoms with Gasteiger partial charge in [-0.15, -0.1) is 0 Å². The second-order valence-electron chi connectivity index (χ2n) is 8.24. The molecule has 8 heteroatoms. The van der Waals surface area contributed by atoms with Crippen LogP contribution in [0.15, 0.2) is 60.7 Å². The molecule has 0 radical (unpaired) electrons. The summed E-state index contributed by atoms with van der Waals surface area (Å²) in [6.45, 7) is 3.15. The molecule has 34 heavy (non-hydrogen) atoms. The molecular formula is C26H24Cl2F2N2O2. The number of hydrogen-bond acceptors (Lipinski definition) is 3. The van der Waals surface area contributed by atoms with E-state index < -0.39 is 23.6 Å². The zero-order valence-corrected chi connectivity index (χ0v) is 20.0. The molecule has 1 fully saturated rings. The Morgan fingerprint density at radius 1 is 1.03 bits per heavy atom. The van der Waals surface area contributed by atoms with Crippen LogP contribution in [0.5, 0.6) is 0 Å². The van der Waals surface area contributed by atoms with Gasteiger partial charge < -0.3 is 14.9 Å². The van der Waals surface area contributed by atoms with Crippen molar-refractivity contribution in [3.63, 3.8) is 0 Å². The summed E-state index contributed by atoms with van der Waals surface area (Å²) in [5, 5.41) is 11.9. The molecule has 1 N–H and O–H groups in total. The minimum absolute atomic E-state index is 0.230. The Bertz CT molecular complexity index is 1190. The van der Waals surface area contributed by atoms with E-state index >= 15 is 0 Å². The van der Waals surface area contributed by atoms with Crippen LogP contribution in [0.4, 0.5) is 14.5 Å². The lowest BCUT2D eigenvalue weighted by atomic mass is 9.98. The van der Waals surface area contributed by atoms with Crippen molar-refractivity contribution in [2.45, 2.75) is 25.5 Å². The number of hydrogen-bond donors (Lipinski definition) is 1. The third-order valence-electron chi connectivity index (χ3n) is 6.17. The highest BCUT2D eigenvalue weighted by atomic mass is 35.5. The molecule has 1 amide bonds. The number of carbonyl (C=O) groups excluding carboxylic acids is 1. The van der Waals surface area contributed by atoms with Gasteiger partial charge in [-0.05, 0) is 53.9 Å². The Hall–Kier alpha value is -2.67. The number of halogens is 4. The third-order valence-corrected chi connectivity index (χ3v) is 6.66. The molecule has 2 atom stereocenters. The number of piperazine rings is 1. The van der Waals surface area contributed by atoms with Gasteiger partial charge in [0.25, 0.3) is 5.91 Å². The molecule has 4 nitrogen and oxygen atoms in total. The van der Waals surface area contributed by atoms with Crippen LogP contribution >= 0.6 is 23.2 Å². The zero-order valence-electron chi connectivity index (χ0n) is 18.5. The van der Waals surface area contributed by atoms with Crippen molar-refractivity contribution in [3.8, 4) is 0 Å². The topological polar surface area (TPSA) is 43.8 Å². The van der Waals surface area contributed by atoms with Gasteiger partial charge in [-0.3, -0.25) is 4.79 Å². The maximum atomic E-state index is 14.2. The molecule has 1 aliphatic rings. The van der Waals surface area contributed by atoms with E-state index in [-0.39, 0.29) is 18.2 Å². The predicted octanol–water partition coefficient (Wildman–Crippen LogP) is 5.96. The van der Waals surface area contributed by atoms with Crippen LogP contribution in [-0.2, 0) is 11.2 Å². The second-order valence-corrected chi connectivity index (χ2v) is 9.11. The monoisotopic (exact) mass is 504 g/mol. The van der Waals surface area contributed by atoms with Gasteiger partial charge >= 0.3 is 0 Å². The van der Waals surface area contributed by atoms with Crippen molar-refractivity contribution in [1.29, 1.82) is 0 Å². The normalized spacial score (nSPS) is 17.1. The molecule has 4 rings (SSSR count). The van der Waals surface area contributed by atoms with Gasteiger partial charge in [0, 0.05) is 47.0 Å². The van der Waals surface area contributed by atoms with E-state index in [1.54, 1.807) is 12.1 Å². The van der Waals surface area contributed by atoms with Crippen molar-refractivity contribution >= 4 is 34.8 Å². The van der Waals surface area contributed by atoms with Crippen molar-refractivity contribution < 1.29 is 18.7 Å². The maximum Gasteiger partial charge on any atom is 0.256 e. The summed E-state index contributed by atoms with van der Waals surface area (Å²) >= 11 is 12.3. The van der Waals surface area contributed by atoms with Crippen LogP contribution in [0.25, 0.3) is 0 Å². The number of aliphatic hydroxyl groups excluding tert-OH is 1. The minimum Gasteiger partial charge on any atom is -0.378 e. The number of amides is 1. The average molecular weight is 505 g/mol. The Morgan fingerprint density at radius 3 is 2.41 bits per heavy atom. The summed E-state index contributed by atoms with van der Waals surface area (Å²) in [4.78, 5) is 16.9. The smallest absolute Gasteiger partial charge is 0.256 e. The van der Waals surface area contributed by atoms with E-state index in [0.29, 0.717) is 29.2 Å². The number of benzene rings is 3. The van der Waals surface area contributed by atoms with Crippen LogP contribution < -0.4 is 4.90 Å². The summed E-state index contributed by atoms with van der Waals surface area (Å²) in [7, 11) is 0. The summed E-state index contributed by atoms with van der Waals surface area (Å²) in [6.07, 6.45) is -0.940. The van der Waals surface area contributed by atoms with Gasteiger partial charge in [0.05, 0.1) is 6.04 Å². The molecule has 3 aromatic carbocycles. The lowest BCUT2D eigenvalue weighted by molar-refractivity contribution is -0.141. The first kappa shape index (κ1) is 24.5. The second kappa shape index (κ2) is 10.3. The van der Waals surface area contributed by atoms with Gasteiger partial charge in [-0.2, -0.15) is 0 Å².